The highest BCUT2D eigenvalue weighted by molar-refractivity contribution is 7.92. The maximum atomic E-state index is 12.3. The highest BCUT2D eigenvalue weighted by Gasteiger charge is 2.51. The molecular weight excluding hydrogens is 286 g/mol. The minimum Gasteiger partial charge on any atom is -0.385 e. The fourth-order valence-corrected chi connectivity index (χ4v) is 6.47. The number of hydrogen-bond donors (Lipinski definition) is 1. The van der Waals surface area contributed by atoms with E-state index in [-0.39, 0.29) is 12.8 Å². The minimum atomic E-state index is -3.08. The van der Waals surface area contributed by atoms with Gasteiger partial charge in [-0.05, 0) is 55.9 Å². The SMILES string of the molecule is Cc1cc(C#N)ccc1C1(O)CC2CCCC(C1)S2(=O)=O. The van der Waals surface area contributed by atoms with Crippen LogP contribution < -0.4 is 0 Å². The van der Waals surface area contributed by atoms with E-state index in [1.165, 1.54) is 0 Å². The van der Waals surface area contributed by atoms with Crippen molar-refractivity contribution in [2.45, 2.75) is 55.1 Å². The third-order valence-corrected chi connectivity index (χ3v) is 7.63. The fraction of sp³-hybridized carbons (Fsp3) is 0.562. The molecule has 2 aliphatic heterocycles. The van der Waals surface area contributed by atoms with Gasteiger partial charge in [-0.2, -0.15) is 5.26 Å². The molecule has 2 bridgehead atoms. The number of nitriles is 1. The lowest BCUT2D eigenvalue weighted by atomic mass is 9.78. The Hall–Kier alpha value is -1.38. The Morgan fingerprint density at radius 3 is 2.43 bits per heavy atom. The van der Waals surface area contributed by atoms with Gasteiger partial charge in [0, 0.05) is 0 Å². The Kier molecular flexibility index (Phi) is 3.34. The average molecular weight is 305 g/mol. The maximum absolute atomic E-state index is 12.3. The van der Waals surface area contributed by atoms with Crippen molar-refractivity contribution >= 4 is 9.84 Å². The third-order valence-electron chi connectivity index (χ3n) is 4.97. The van der Waals surface area contributed by atoms with Crippen LogP contribution in [-0.2, 0) is 15.4 Å². The summed E-state index contributed by atoms with van der Waals surface area (Å²) in [7, 11) is -3.08. The molecule has 2 aliphatic rings. The summed E-state index contributed by atoms with van der Waals surface area (Å²) in [4.78, 5) is 0. The van der Waals surface area contributed by atoms with Gasteiger partial charge in [-0.15, -0.1) is 0 Å². The van der Waals surface area contributed by atoms with E-state index in [2.05, 4.69) is 6.07 Å². The molecule has 1 N–H and O–H groups in total. The summed E-state index contributed by atoms with van der Waals surface area (Å²) in [6.45, 7) is 1.87. The number of hydrogen-bond acceptors (Lipinski definition) is 4. The number of sulfone groups is 1. The molecule has 0 aliphatic carbocycles. The van der Waals surface area contributed by atoms with Gasteiger partial charge in [0.2, 0.25) is 0 Å². The number of nitrogens with zero attached hydrogens (tertiary/aromatic N) is 1. The Morgan fingerprint density at radius 2 is 1.90 bits per heavy atom. The maximum Gasteiger partial charge on any atom is 0.156 e. The summed E-state index contributed by atoms with van der Waals surface area (Å²) in [5.74, 6) is 0. The zero-order valence-corrected chi connectivity index (χ0v) is 12.9. The van der Waals surface area contributed by atoms with Gasteiger partial charge in [-0.3, -0.25) is 0 Å². The second kappa shape index (κ2) is 4.82. The van der Waals surface area contributed by atoms with E-state index in [0.29, 0.717) is 18.4 Å². The van der Waals surface area contributed by atoms with Crippen LogP contribution in [0, 0.1) is 18.3 Å². The van der Waals surface area contributed by atoms with Crippen molar-refractivity contribution in [3.05, 3.63) is 34.9 Å². The lowest BCUT2D eigenvalue weighted by Gasteiger charge is -2.44. The van der Waals surface area contributed by atoms with E-state index in [1.807, 2.05) is 6.92 Å². The first-order valence-electron chi connectivity index (χ1n) is 7.33. The van der Waals surface area contributed by atoms with Gasteiger partial charge in [0.05, 0.1) is 27.7 Å². The topological polar surface area (TPSA) is 78.2 Å². The van der Waals surface area contributed by atoms with Crippen LogP contribution in [0.15, 0.2) is 18.2 Å². The predicted molar refractivity (Wildman–Crippen MR) is 79.4 cm³/mol. The lowest BCUT2D eigenvalue weighted by molar-refractivity contribution is 0.00445. The summed E-state index contributed by atoms with van der Waals surface area (Å²) in [6.07, 6.45) is 2.78. The molecule has 2 atom stereocenters. The highest BCUT2D eigenvalue weighted by Crippen LogP contribution is 2.46. The largest absolute Gasteiger partial charge is 0.385 e. The van der Waals surface area contributed by atoms with Crippen LogP contribution in [0.25, 0.3) is 0 Å². The van der Waals surface area contributed by atoms with Crippen LogP contribution in [0.3, 0.4) is 0 Å². The van der Waals surface area contributed by atoms with E-state index in [1.54, 1.807) is 18.2 Å². The second-order valence-corrected chi connectivity index (χ2v) is 8.86. The molecule has 0 aromatic heterocycles. The van der Waals surface area contributed by atoms with Crippen molar-refractivity contribution in [2.24, 2.45) is 0 Å². The summed E-state index contributed by atoms with van der Waals surface area (Å²) in [6, 6.07) is 7.32. The average Bonchev–Trinajstić information content (AvgIpc) is 2.40. The van der Waals surface area contributed by atoms with Gasteiger partial charge < -0.3 is 5.11 Å². The molecule has 2 fully saturated rings. The molecule has 3 rings (SSSR count). The molecule has 2 saturated heterocycles. The zero-order chi connectivity index (χ0) is 15.3. The van der Waals surface area contributed by atoms with E-state index in [9.17, 15) is 13.5 Å². The van der Waals surface area contributed by atoms with Crippen LogP contribution in [0.1, 0.15) is 48.8 Å². The van der Waals surface area contributed by atoms with Crippen molar-refractivity contribution in [1.82, 2.24) is 0 Å². The number of fused-ring (bicyclic) bond motifs is 2. The number of rotatable bonds is 1. The first-order chi connectivity index (χ1) is 9.87. The molecule has 5 heteroatoms. The second-order valence-electron chi connectivity index (χ2n) is 6.35. The third kappa shape index (κ3) is 2.27. The molecule has 0 saturated carbocycles. The van der Waals surface area contributed by atoms with Gasteiger partial charge in [0.1, 0.15) is 0 Å². The van der Waals surface area contributed by atoms with Crippen LogP contribution in [-0.4, -0.2) is 24.0 Å². The Morgan fingerprint density at radius 1 is 1.29 bits per heavy atom. The summed E-state index contributed by atoms with van der Waals surface area (Å²) < 4.78 is 24.7. The summed E-state index contributed by atoms with van der Waals surface area (Å²) in [5, 5.41) is 19.2. The Labute approximate surface area is 125 Å². The molecule has 0 amide bonds. The first kappa shape index (κ1) is 14.6. The van der Waals surface area contributed by atoms with E-state index in [0.717, 1.165) is 17.5 Å². The van der Waals surface area contributed by atoms with Gasteiger partial charge in [-0.1, -0.05) is 12.5 Å². The van der Waals surface area contributed by atoms with Crippen molar-refractivity contribution in [2.75, 3.05) is 0 Å². The van der Waals surface area contributed by atoms with Gasteiger partial charge in [0.15, 0.2) is 9.84 Å². The molecule has 112 valence electrons. The molecule has 1 aromatic carbocycles. The molecular formula is C16H19NO3S. The monoisotopic (exact) mass is 305 g/mol. The van der Waals surface area contributed by atoms with Crippen LogP contribution in [0.2, 0.25) is 0 Å². The number of benzene rings is 1. The molecule has 1 aromatic rings. The van der Waals surface area contributed by atoms with E-state index >= 15 is 0 Å². The van der Waals surface area contributed by atoms with Gasteiger partial charge in [-0.25, -0.2) is 8.42 Å². The van der Waals surface area contributed by atoms with Crippen molar-refractivity contribution in [3.63, 3.8) is 0 Å². The highest BCUT2D eigenvalue weighted by atomic mass is 32.2. The van der Waals surface area contributed by atoms with Crippen molar-refractivity contribution in [1.29, 1.82) is 5.26 Å². The molecule has 4 nitrogen and oxygen atoms in total. The minimum absolute atomic E-state index is 0.276. The molecule has 2 unspecified atom stereocenters. The predicted octanol–water partition coefficient (Wildman–Crippen LogP) is 2.18. The Balaban J connectivity index is 2.02. The first-order valence-corrected chi connectivity index (χ1v) is 8.94. The van der Waals surface area contributed by atoms with Crippen molar-refractivity contribution in [3.8, 4) is 6.07 Å². The number of aliphatic hydroxyl groups is 1. The van der Waals surface area contributed by atoms with Gasteiger partial charge >= 0.3 is 0 Å². The smallest absolute Gasteiger partial charge is 0.156 e. The van der Waals surface area contributed by atoms with Crippen LogP contribution >= 0.6 is 0 Å². The van der Waals surface area contributed by atoms with E-state index < -0.39 is 25.9 Å². The van der Waals surface area contributed by atoms with Gasteiger partial charge in [0.25, 0.3) is 0 Å². The lowest BCUT2D eigenvalue weighted by Crippen LogP contribution is -2.50. The fourth-order valence-electron chi connectivity index (χ4n) is 3.92. The molecule has 0 radical (unpaired) electrons. The molecule has 21 heavy (non-hydrogen) atoms. The zero-order valence-electron chi connectivity index (χ0n) is 12.0. The molecule has 0 spiro atoms. The van der Waals surface area contributed by atoms with E-state index in [4.69, 9.17) is 5.26 Å². The normalized spacial score (nSPS) is 34.1. The summed E-state index contributed by atoms with van der Waals surface area (Å²) in [5.41, 5.74) is 1.10. The standard InChI is InChI=1S/C16H19NO3S/c1-11-7-12(10-17)5-6-15(11)16(18)8-13-3-2-4-14(9-16)21(13,19)20/h5-7,13-14,18H,2-4,8-9H2,1H3. The van der Waals surface area contributed by atoms with Crippen molar-refractivity contribution < 1.29 is 13.5 Å². The van der Waals surface area contributed by atoms with Crippen LogP contribution in [0.5, 0.6) is 0 Å². The number of aryl methyl sites for hydroxylation is 1. The summed E-state index contributed by atoms with van der Waals surface area (Å²) >= 11 is 0. The Bertz CT molecular complexity index is 698. The van der Waals surface area contributed by atoms with Crippen LogP contribution in [0.4, 0.5) is 0 Å². The quantitative estimate of drug-likeness (QED) is 0.862. The molecule has 2 heterocycles.